The number of aliphatic hydroxyl groups is 1. The third-order valence-corrected chi connectivity index (χ3v) is 4.99. The second-order valence-electron chi connectivity index (χ2n) is 6.26. The van der Waals surface area contributed by atoms with Gasteiger partial charge in [-0.05, 0) is 17.8 Å². The van der Waals surface area contributed by atoms with Crippen LogP contribution in [0.5, 0.6) is 0 Å². The van der Waals surface area contributed by atoms with Gasteiger partial charge in [0, 0.05) is 26.4 Å². The number of hydrogen-bond donors (Lipinski definition) is 1. The molecule has 2 aromatic rings. The quantitative estimate of drug-likeness (QED) is 0.635. The van der Waals surface area contributed by atoms with Gasteiger partial charge in [-0.3, -0.25) is 9.69 Å². The van der Waals surface area contributed by atoms with Crippen molar-refractivity contribution in [3.8, 4) is 0 Å². The Balaban J connectivity index is 1.80. The first-order chi connectivity index (χ1) is 12.0. The van der Waals surface area contributed by atoms with E-state index in [4.69, 9.17) is 17.0 Å². The number of hydrogen-bond acceptors (Lipinski definition) is 6. The van der Waals surface area contributed by atoms with Crippen LogP contribution in [0.4, 0.5) is 0 Å². The molecule has 0 spiro atoms. The van der Waals surface area contributed by atoms with E-state index < -0.39 is 12.1 Å². The number of carbonyl (C=O) groups excluding carboxylic acids is 1. The van der Waals surface area contributed by atoms with Gasteiger partial charge in [-0.2, -0.15) is 5.10 Å². The van der Waals surface area contributed by atoms with Crippen molar-refractivity contribution >= 4 is 18.2 Å². The van der Waals surface area contributed by atoms with Gasteiger partial charge in [0.1, 0.15) is 11.9 Å². The third-order valence-electron chi connectivity index (χ3n) is 4.51. The summed E-state index contributed by atoms with van der Waals surface area (Å²) in [5.41, 5.74) is 1.15. The molecule has 1 aromatic heterocycles. The summed E-state index contributed by atoms with van der Waals surface area (Å²) < 4.78 is 8.99. The van der Waals surface area contributed by atoms with Crippen LogP contribution < -0.4 is 0 Å². The van der Waals surface area contributed by atoms with Crippen molar-refractivity contribution < 1.29 is 14.6 Å². The monoisotopic (exact) mass is 362 g/mol. The average molecular weight is 362 g/mol. The van der Waals surface area contributed by atoms with Crippen molar-refractivity contribution in [1.82, 2.24) is 19.2 Å². The molecule has 1 fully saturated rings. The molecule has 134 valence electrons. The van der Waals surface area contributed by atoms with E-state index >= 15 is 0 Å². The van der Waals surface area contributed by atoms with Crippen molar-refractivity contribution in [2.75, 3.05) is 13.7 Å². The number of likely N-dealkylation sites (tertiary alicyclic amines) is 1. The first-order valence-corrected chi connectivity index (χ1v) is 8.57. The molecule has 0 aliphatic carbocycles. The molecule has 1 aliphatic rings. The highest BCUT2D eigenvalue weighted by Crippen LogP contribution is 2.20. The van der Waals surface area contributed by atoms with Gasteiger partial charge >= 0.3 is 5.97 Å². The molecule has 0 amide bonds. The van der Waals surface area contributed by atoms with E-state index in [1.54, 1.807) is 4.68 Å². The van der Waals surface area contributed by atoms with E-state index in [0.29, 0.717) is 30.8 Å². The van der Waals surface area contributed by atoms with Crippen LogP contribution in [0.3, 0.4) is 0 Å². The average Bonchev–Trinajstić information content (AvgIpc) is 3.10. The lowest BCUT2D eigenvalue weighted by Crippen LogP contribution is -2.38. The Hall–Kier alpha value is -2.03. The number of aromatic nitrogens is 3. The first kappa shape index (κ1) is 17.8. The molecule has 0 saturated carbocycles. The van der Waals surface area contributed by atoms with Crippen LogP contribution in [0.1, 0.15) is 17.8 Å². The molecular weight excluding hydrogens is 340 g/mol. The maximum Gasteiger partial charge on any atom is 0.323 e. The third kappa shape index (κ3) is 3.81. The zero-order chi connectivity index (χ0) is 18.0. The standard InChI is InChI=1S/C17H22N4O3S/c1-19-15(8-12-6-4-3-5-7-12)18-21(17(19)25)11-20-10-13(22)9-14(20)16(23)24-2/h3-7,13-14,22H,8-11H2,1-2H3/t13-,14+/m1/s1. The van der Waals surface area contributed by atoms with Crippen LogP contribution in [-0.4, -0.2) is 56.1 Å². The Kier molecular flexibility index (Phi) is 5.31. The van der Waals surface area contributed by atoms with Gasteiger partial charge in [-0.15, -0.1) is 0 Å². The van der Waals surface area contributed by atoms with Gasteiger partial charge in [0.05, 0.1) is 19.9 Å². The van der Waals surface area contributed by atoms with Crippen molar-refractivity contribution in [3.63, 3.8) is 0 Å². The van der Waals surface area contributed by atoms with Crippen LogP contribution in [0.2, 0.25) is 0 Å². The number of esters is 1. The smallest absolute Gasteiger partial charge is 0.323 e. The van der Waals surface area contributed by atoms with E-state index in [2.05, 4.69) is 5.10 Å². The number of methoxy groups -OCH3 is 1. The molecule has 3 rings (SSSR count). The van der Waals surface area contributed by atoms with Gasteiger partial charge in [-0.25, -0.2) is 4.68 Å². The molecule has 8 heteroatoms. The fourth-order valence-corrected chi connectivity index (χ4v) is 3.35. The molecule has 2 heterocycles. The zero-order valence-electron chi connectivity index (χ0n) is 14.3. The van der Waals surface area contributed by atoms with Gasteiger partial charge in [0.2, 0.25) is 0 Å². The first-order valence-electron chi connectivity index (χ1n) is 8.16. The molecule has 1 N–H and O–H groups in total. The number of carbonyl (C=O) groups is 1. The largest absolute Gasteiger partial charge is 0.468 e. The lowest BCUT2D eigenvalue weighted by atomic mass is 10.1. The van der Waals surface area contributed by atoms with E-state index in [0.717, 1.165) is 11.4 Å². The predicted octanol–water partition coefficient (Wildman–Crippen LogP) is 1.11. The fraction of sp³-hybridized carbons (Fsp3) is 0.471. The Bertz CT molecular complexity index is 802. The lowest BCUT2D eigenvalue weighted by molar-refractivity contribution is -0.146. The zero-order valence-corrected chi connectivity index (χ0v) is 15.1. The summed E-state index contributed by atoms with van der Waals surface area (Å²) in [6, 6.07) is 9.59. The van der Waals surface area contributed by atoms with Gasteiger partial charge < -0.3 is 14.4 Å². The van der Waals surface area contributed by atoms with Gasteiger partial charge in [-0.1, -0.05) is 30.3 Å². The topological polar surface area (TPSA) is 72.5 Å². The minimum atomic E-state index is -0.550. The molecule has 0 bridgehead atoms. The summed E-state index contributed by atoms with van der Waals surface area (Å²) in [6.45, 7) is 0.740. The molecule has 0 unspecified atom stereocenters. The van der Waals surface area contributed by atoms with Crippen LogP contribution in [0.25, 0.3) is 0 Å². The summed E-state index contributed by atoms with van der Waals surface area (Å²) >= 11 is 5.49. The van der Waals surface area contributed by atoms with E-state index in [9.17, 15) is 9.90 Å². The number of ether oxygens (including phenoxy) is 1. The number of rotatable bonds is 5. The van der Waals surface area contributed by atoms with Crippen LogP contribution in [0.15, 0.2) is 30.3 Å². The fourth-order valence-electron chi connectivity index (χ4n) is 3.15. The summed E-state index contributed by atoms with van der Waals surface area (Å²) in [6.07, 6.45) is 0.492. The predicted molar refractivity (Wildman–Crippen MR) is 94.4 cm³/mol. The SMILES string of the molecule is COC(=O)[C@@H]1C[C@@H](O)CN1Cn1nc(Cc2ccccc2)n(C)c1=S. The second-order valence-corrected chi connectivity index (χ2v) is 6.63. The normalized spacial score (nSPS) is 20.8. The highest BCUT2D eigenvalue weighted by molar-refractivity contribution is 7.71. The molecule has 2 atom stereocenters. The summed E-state index contributed by atoms with van der Waals surface area (Å²) in [7, 11) is 3.25. The molecule has 7 nitrogen and oxygen atoms in total. The van der Waals surface area contributed by atoms with Crippen LogP contribution in [-0.2, 0) is 29.7 Å². The maximum atomic E-state index is 11.9. The molecular formula is C17H22N4O3S. The minimum absolute atomic E-state index is 0.344. The second kappa shape index (κ2) is 7.47. The molecule has 25 heavy (non-hydrogen) atoms. The number of benzene rings is 1. The Morgan fingerprint density at radius 1 is 1.40 bits per heavy atom. The summed E-state index contributed by atoms with van der Waals surface area (Å²) in [5.74, 6) is 0.508. The van der Waals surface area contributed by atoms with E-state index in [1.165, 1.54) is 7.11 Å². The van der Waals surface area contributed by atoms with Crippen LogP contribution >= 0.6 is 12.2 Å². The van der Waals surface area contributed by atoms with Crippen molar-refractivity contribution in [2.45, 2.75) is 31.7 Å². The maximum absolute atomic E-state index is 11.9. The van der Waals surface area contributed by atoms with Crippen molar-refractivity contribution in [3.05, 3.63) is 46.5 Å². The summed E-state index contributed by atoms with van der Waals surface area (Å²) in [4.78, 5) is 13.8. The van der Waals surface area contributed by atoms with Crippen molar-refractivity contribution in [1.29, 1.82) is 0 Å². The van der Waals surface area contributed by atoms with Crippen molar-refractivity contribution in [2.24, 2.45) is 7.05 Å². The summed E-state index contributed by atoms with van der Waals surface area (Å²) in [5, 5.41) is 14.5. The minimum Gasteiger partial charge on any atom is -0.468 e. The number of β-amino-alcohol motifs (C(OH)–C–C–N with tert-alkyl or cyclic N) is 1. The number of nitrogens with zero attached hydrogens (tertiary/aromatic N) is 4. The molecule has 1 saturated heterocycles. The van der Waals surface area contributed by atoms with E-state index in [-0.39, 0.29) is 5.97 Å². The lowest BCUT2D eigenvalue weighted by Gasteiger charge is -2.21. The highest BCUT2D eigenvalue weighted by atomic mass is 32.1. The van der Waals surface area contributed by atoms with Gasteiger partial charge in [0.15, 0.2) is 4.77 Å². The van der Waals surface area contributed by atoms with Gasteiger partial charge in [0.25, 0.3) is 0 Å². The number of aliphatic hydroxyl groups excluding tert-OH is 1. The van der Waals surface area contributed by atoms with E-state index in [1.807, 2.05) is 46.8 Å². The Labute approximate surface area is 151 Å². The Morgan fingerprint density at radius 2 is 2.12 bits per heavy atom. The highest BCUT2D eigenvalue weighted by Gasteiger charge is 2.37. The Morgan fingerprint density at radius 3 is 2.80 bits per heavy atom. The molecule has 1 aromatic carbocycles. The molecule has 0 radical (unpaired) electrons. The van der Waals surface area contributed by atoms with Crippen LogP contribution in [0, 0.1) is 4.77 Å². The molecule has 1 aliphatic heterocycles.